The molecule has 0 spiro atoms. The number of ether oxygens (including phenoxy) is 1. The molecule has 0 bridgehead atoms. The van der Waals surface area contributed by atoms with E-state index in [4.69, 9.17) is 10.5 Å². The summed E-state index contributed by atoms with van der Waals surface area (Å²) in [5.41, 5.74) is 7.17. The molecule has 1 atom stereocenters. The molecule has 0 aliphatic carbocycles. The van der Waals surface area contributed by atoms with E-state index < -0.39 is 0 Å². The first-order chi connectivity index (χ1) is 10.9. The Hall–Kier alpha value is -1.92. The highest BCUT2D eigenvalue weighted by Crippen LogP contribution is 2.40. The van der Waals surface area contributed by atoms with E-state index >= 15 is 0 Å². The number of carbonyl (C=O) groups is 1. The minimum atomic E-state index is -0.330. The first kappa shape index (κ1) is 21.1. The van der Waals surface area contributed by atoms with Crippen LogP contribution >= 0.6 is 24.8 Å². The van der Waals surface area contributed by atoms with Gasteiger partial charge in [-0.15, -0.1) is 24.8 Å². The van der Waals surface area contributed by atoms with E-state index in [0.717, 1.165) is 11.3 Å². The number of rotatable bonds is 4. The molecule has 0 radical (unpaired) electrons. The van der Waals surface area contributed by atoms with Crippen molar-refractivity contribution in [1.82, 2.24) is 15.1 Å². The summed E-state index contributed by atoms with van der Waals surface area (Å²) in [6.45, 7) is 4.61. The summed E-state index contributed by atoms with van der Waals surface area (Å²) in [5, 5.41) is 7.21. The summed E-state index contributed by atoms with van der Waals surface area (Å²) in [6, 6.07) is 7.31. The fourth-order valence-corrected chi connectivity index (χ4v) is 2.92. The molecule has 0 fully saturated rings. The molecule has 0 saturated carbocycles. The third-order valence-electron chi connectivity index (χ3n) is 3.95. The van der Waals surface area contributed by atoms with Gasteiger partial charge in [-0.05, 0) is 38.1 Å². The summed E-state index contributed by atoms with van der Waals surface area (Å²) in [5.74, 6) is 0.782. The predicted molar refractivity (Wildman–Crippen MR) is 102 cm³/mol. The molecular weight excluding hydrogens is 363 g/mol. The molecule has 1 amide bonds. The highest BCUT2D eigenvalue weighted by molar-refractivity contribution is 5.85. The highest BCUT2D eigenvalue weighted by Gasteiger charge is 2.34. The third-order valence-corrected chi connectivity index (χ3v) is 3.95. The molecule has 1 aliphatic heterocycles. The van der Waals surface area contributed by atoms with Gasteiger partial charge in [-0.3, -0.25) is 9.48 Å². The zero-order chi connectivity index (χ0) is 16.4. The van der Waals surface area contributed by atoms with E-state index in [-0.39, 0.29) is 42.4 Å². The number of nitrogen functional groups attached to an aromatic ring is 1. The number of nitrogens with two attached hydrogens (primary N) is 1. The predicted octanol–water partition coefficient (Wildman–Crippen LogP) is 3.12. The van der Waals surface area contributed by atoms with Crippen LogP contribution in [0.5, 0.6) is 5.75 Å². The Morgan fingerprint density at radius 3 is 2.88 bits per heavy atom. The number of hydrogen-bond donors (Lipinski definition) is 2. The number of benzene rings is 1. The van der Waals surface area contributed by atoms with Gasteiger partial charge in [0.1, 0.15) is 11.4 Å². The Labute approximate surface area is 159 Å². The van der Waals surface area contributed by atoms with Gasteiger partial charge in [0.2, 0.25) is 5.91 Å². The lowest BCUT2D eigenvalue weighted by Gasteiger charge is -2.38. The van der Waals surface area contributed by atoms with Gasteiger partial charge in [0.25, 0.3) is 0 Å². The average molecular weight is 387 g/mol. The zero-order valence-electron chi connectivity index (χ0n) is 14.3. The first-order valence-corrected chi connectivity index (χ1v) is 7.78. The molecule has 25 heavy (non-hydrogen) atoms. The van der Waals surface area contributed by atoms with Crippen molar-refractivity contribution in [3.8, 4) is 5.75 Å². The third kappa shape index (κ3) is 5.28. The fraction of sp³-hybridized carbons (Fsp3) is 0.412. The monoisotopic (exact) mass is 386 g/mol. The van der Waals surface area contributed by atoms with Gasteiger partial charge in [0, 0.05) is 43.0 Å². The van der Waals surface area contributed by atoms with Gasteiger partial charge in [-0.25, -0.2) is 0 Å². The molecule has 2 heterocycles. The van der Waals surface area contributed by atoms with Gasteiger partial charge in [0.05, 0.1) is 6.04 Å². The molecule has 3 N–H and O–H groups in total. The van der Waals surface area contributed by atoms with Crippen molar-refractivity contribution >= 4 is 36.4 Å². The SMILES string of the molecule is CC1(C)CC(NC(=O)CCn2cccn2)c2cc(N)ccc2O1.Cl.Cl. The molecule has 1 aromatic heterocycles. The van der Waals surface area contributed by atoms with Crippen molar-refractivity contribution in [2.24, 2.45) is 0 Å². The maximum absolute atomic E-state index is 12.3. The van der Waals surface area contributed by atoms with Crippen molar-refractivity contribution in [1.29, 1.82) is 0 Å². The number of aromatic nitrogens is 2. The highest BCUT2D eigenvalue weighted by atomic mass is 35.5. The summed E-state index contributed by atoms with van der Waals surface area (Å²) in [7, 11) is 0. The molecule has 1 unspecified atom stereocenters. The molecule has 2 aromatic rings. The number of amides is 1. The van der Waals surface area contributed by atoms with Gasteiger partial charge in [-0.2, -0.15) is 5.10 Å². The van der Waals surface area contributed by atoms with Crippen LogP contribution in [-0.4, -0.2) is 21.3 Å². The lowest BCUT2D eigenvalue weighted by molar-refractivity contribution is -0.122. The van der Waals surface area contributed by atoms with Crippen LogP contribution in [0, 0.1) is 0 Å². The Morgan fingerprint density at radius 1 is 1.44 bits per heavy atom. The summed E-state index contributed by atoms with van der Waals surface area (Å²) >= 11 is 0. The number of anilines is 1. The number of nitrogens with zero attached hydrogens (tertiary/aromatic N) is 2. The molecule has 138 valence electrons. The largest absolute Gasteiger partial charge is 0.487 e. The molecule has 3 rings (SSSR count). The van der Waals surface area contributed by atoms with Crippen LogP contribution in [0.4, 0.5) is 5.69 Å². The second kappa shape index (κ2) is 8.45. The Balaban J connectivity index is 0.00000156. The van der Waals surface area contributed by atoms with E-state index in [2.05, 4.69) is 10.4 Å². The number of hydrogen-bond acceptors (Lipinski definition) is 4. The van der Waals surface area contributed by atoms with E-state index in [1.54, 1.807) is 10.9 Å². The normalized spacial score (nSPS) is 17.3. The minimum Gasteiger partial charge on any atom is -0.487 e. The van der Waals surface area contributed by atoms with Crippen molar-refractivity contribution < 1.29 is 9.53 Å². The Bertz CT molecular complexity index is 705. The van der Waals surface area contributed by atoms with E-state index in [1.165, 1.54) is 0 Å². The van der Waals surface area contributed by atoms with Crippen molar-refractivity contribution in [2.75, 3.05) is 5.73 Å². The average Bonchev–Trinajstić information content (AvgIpc) is 2.98. The lowest BCUT2D eigenvalue weighted by atomic mass is 9.89. The number of carbonyl (C=O) groups excluding carboxylic acids is 1. The number of fused-ring (bicyclic) bond motifs is 1. The summed E-state index contributed by atoms with van der Waals surface area (Å²) < 4.78 is 7.73. The second-order valence-electron chi connectivity index (χ2n) is 6.50. The second-order valence-corrected chi connectivity index (χ2v) is 6.50. The topological polar surface area (TPSA) is 82.2 Å². The van der Waals surface area contributed by atoms with E-state index in [0.29, 0.717) is 25.1 Å². The van der Waals surface area contributed by atoms with Gasteiger partial charge < -0.3 is 15.8 Å². The summed E-state index contributed by atoms with van der Waals surface area (Å²) in [6.07, 6.45) is 4.65. The number of nitrogens with one attached hydrogen (secondary N) is 1. The number of halogens is 2. The van der Waals surface area contributed by atoms with Crippen LogP contribution < -0.4 is 15.8 Å². The maximum Gasteiger partial charge on any atom is 0.222 e. The van der Waals surface area contributed by atoms with E-state index in [1.807, 2.05) is 44.3 Å². The van der Waals surface area contributed by atoms with E-state index in [9.17, 15) is 4.79 Å². The smallest absolute Gasteiger partial charge is 0.222 e. The Morgan fingerprint density at radius 2 is 2.20 bits per heavy atom. The van der Waals surface area contributed by atoms with Crippen LogP contribution in [0.25, 0.3) is 0 Å². The number of aryl methyl sites for hydroxylation is 1. The quantitative estimate of drug-likeness (QED) is 0.790. The minimum absolute atomic E-state index is 0. The van der Waals surface area contributed by atoms with Crippen LogP contribution in [-0.2, 0) is 11.3 Å². The maximum atomic E-state index is 12.3. The molecule has 8 heteroatoms. The lowest BCUT2D eigenvalue weighted by Crippen LogP contribution is -2.41. The van der Waals surface area contributed by atoms with Crippen LogP contribution in [0.15, 0.2) is 36.7 Å². The molecule has 0 saturated heterocycles. The van der Waals surface area contributed by atoms with Crippen molar-refractivity contribution in [2.45, 2.75) is 44.9 Å². The molecule has 1 aromatic carbocycles. The van der Waals surface area contributed by atoms with Crippen LogP contribution in [0.3, 0.4) is 0 Å². The molecule has 6 nitrogen and oxygen atoms in total. The van der Waals surface area contributed by atoms with Crippen molar-refractivity contribution in [3.63, 3.8) is 0 Å². The molecule has 1 aliphatic rings. The van der Waals surface area contributed by atoms with Crippen LogP contribution in [0.2, 0.25) is 0 Å². The first-order valence-electron chi connectivity index (χ1n) is 7.78. The van der Waals surface area contributed by atoms with Crippen molar-refractivity contribution in [3.05, 3.63) is 42.2 Å². The molecular formula is C17H24Cl2N4O2. The van der Waals surface area contributed by atoms with Gasteiger partial charge >= 0.3 is 0 Å². The van der Waals surface area contributed by atoms with Crippen LogP contribution in [0.1, 0.15) is 38.3 Å². The zero-order valence-corrected chi connectivity index (χ0v) is 15.9. The van der Waals surface area contributed by atoms with Gasteiger partial charge in [0.15, 0.2) is 0 Å². The standard InChI is InChI=1S/C17H22N4O2.2ClH/c1-17(2)11-14(13-10-12(18)4-5-15(13)23-17)20-16(22)6-9-21-8-3-7-19-21;;/h3-5,7-8,10,14H,6,9,11,18H2,1-2H3,(H,20,22);2*1H. The Kier molecular flexibility index (Phi) is 7.14. The van der Waals surface area contributed by atoms with Gasteiger partial charge in [-0.1, -0.05) is 0 Å². The summed E-state index contributed by atoms with van der Waals surface area (Å²) in [4.78, 5) is 12.3. The fourth-order valence-electron chi connectivity index (χ4n) is 2.92.